The third-order valence-electron chi connectivity index (χ3n) is 5.12. The molecule has 14 nitrogen and oxygen atoms in total. The molecule has 0 heterocycles. The van der Waals surface area contributed by atoms with Gasteiger partial charge in [-0.3, -0.25) is 0 Å². The van der Waals surface area contributed by atoms with Gasteiger partial charge in [0, 0.05) is 0 Å². The predicted octanol–water partition coefficient (Wildman–Crippen LogP) is -5.49. The van der Waals surface area contributed by atoms with E-state index in [-0.39, 0.29) is 0 Å². The summed E-state index contributed by atoms with van der Waals surface area (Å²) in [5.41, 5.74) is -5.35. The number of hydrogen-bond donors (Lipinski definition) is 10. The Morgan fingerprint density at radius 1 is 0.688 bits per heavy atom. The van der Waals surface area contributed by atoms with Crippen molar-refractivity contribution in [1.82, 2.24) is 0 Å². The highest BCUT2D eigenvalue weighted by molar-refractivity contribution is 5.81. The Bertz CT molecular complexity index is 538. The van der Waals surface area contributed by atoms with Crippen molar-refractivity contribution in [3.05, 3.63) is 0 Å². The van der Waals surface area contributed by atoms with Gasteiger partial charge >= 0.3 is 11.9 Å². The van der Waals surface area contributed by atoms with Gasteiger partial charge < -0.3 is 60.5 Å². The zero-order valence-corrected chi connectivity index (χ0v) is 17.8. The van der Waals surface area contributed by atoms with Gasteiger partial charge in [-0.1, -0.05) is 13.8 Å². The van der Waals surface area contributed by atoms with E-state index in [1.54, 1.807) is 0 Å². The second-order valence-electron chi connectivity index (χ2n) is 7.20. The van der Waals surface area contributed by atoms with E-state index in [2.05, 4.69) is 0 Å². The second kappa shape index (κ2) is 13.3. The van der Waals surface area contributed by atoms with Crippen LogP contribution in [0, 0.1) is 0 Å². The van der Waals surface area contributed by atoms with Gasteiger partial charge in [0.1, 0.15) is 49.8 Å². The standard InChI is InChI=1S/C18H34O14/c1-3-17(29,13(25)11(23)9(21)7-19)15(27)31-5-6-32-16(28)18(30,4-2)14(26)12(24)10(22)8-20/h9-14,19-26,29-30H,3-8H2,1-2H3. The summed E-state index contributed by atoms with van der Waals surface area (Å²) in [7, 11) is 0. The van der Waals surface area contributed by atoms with Crippen LogP contribution in [-0.2, 0) is 19.1 Å². The molecule has 32 heavy (non-hydrogen) atoms. The molecule has 0 saturated carbocycles. The molecule has 0 aliphatic heterocycles. The summed E-state index contributed by atoms with van der Waals surface area (Å²) in [6, 6.07) is 0. The zero-order valence-electron chi connectivity index (χ0n) is 17.8. The number of esters is 2. The Labute approximate surface area is 183 Å². The molecule has 0 radical (unpaired) electrons. The first-order chi connectivity index (χ1) is 14.8. The number of aliphatic hydroxyl groups is 10. The maximum Gasteiger partial charge on any atom is 0.341 e. The molecule has 0 spiro atoms. The van der Waals surface area contributed by atoms with Crippen LogP contribution in [0.3, 0.4) is 0 Å². The average Bonchev–Trinajstić information content (AvgIpc) is 2.81. The number of rotatable bonds is 15. The van der Waals surface area contributed by atoms with Crippen molar-refractivity contribution in [1.29, 1.82) is 0 Å². The zero-order chi connectivity index (χ0) is 25.3. The van der Waals surface area contributed by atoms with Crippen molar-refractivity contribution in [3.8, 4) is 0 Å². The Morgan fingerprint density at radius 3 is 1.19 bits per heavy atom. The van der Waals surface area contributed by atoms with Crippen LogP contribution in [0.5, 0.6) is 0 Å². The number of ether oxygens (including phenoxy) is 2. The molecule has 0 aliphatic carbocycles. The van der Waals surface area contributed by atoms with Gasteiger partial charge in [-0.05, 0) is 12.8 Å². The highest BCUT2D eigenvalue weighted by atomic mass is 16.6. The van der Waals surface area contributed by atoms with Crippen molar-refractivity contribution in [3.63, 3.8) is 0 Å². The predicted molar refractivity (Wildman–Crippen MR) is 103 cm³/mol. The van der Waals surface area contributed by atoms with Gasteiger partial charge in [-0.25, -0.2) is 9.59 Å². The fourth-order valence-electron chi connectivity index (χ4n) is 2.67. The fraction of sp³-hybridized carbons (Fsp3) is 0.889. The van der Waals surface area contributed by atoms with Crippen LogP contribution < -0.4 is 0 Å². The van der Waals surface area contributed by atoms with Gasteiger partial charge in [0.05, 0.1) is 13.2 Å². The average molecular weight is 474 g/mol. The summed E-state index contributed by atoms with van der Waals surface area (Å²) in [6.07, 6.45) is -13.3. The van der Waals surface area contributed by atoms with E-state index in [4.69, 9.17) is 19.7 Å². The van der Waals surface area contributed by atoms with E-state index in [0.717, 1.165) is 0 Å². The summed E-state index contributed by atoms with van der Waals surface area (Å²) in [5.74, 6) is -2.89. The van der Waals surface area contributed by atoms with Gasteiger partial charge in [0.25, 0.3) is 0 Å². The molecular formula is C18H34O14. The Kier molecular flexibility index (Phi) is 12.7. The van der Waals surface area contributed by atoms with Gasteiger partial charge in [-0.2, -0.15) is 0 Å². The van der Waals surface area contributed by atoms with E-state index < -0.39 is 99.0 Å². The van der Waals surface area contributed by atoms with Crippen molar-refractivity contribution >= 4 is 11.9 Å². The first kappa shape index (κ1) is 30.5. The molecule has 0 rings (SSSR count). The molecule has 10 N–H and O–H groups in total. The minimum atomic E-state index is -2.68. The minimum Gasteiger partial charge on any atom is -0.460 e. The molecule has 0 aromatic heterocycles. The molecule has 0 fully saturated rings. The smallest absolute Gasteiger partial charge is 0.341 e. The Balaban J connectivity index is 4.99. The van der Waals surface area contributed by atoms with Crippen LogP contribution in [0.15, 0.2) is 0 Å². The van der Waals surface area contributed by atoms with Crippen LogP contribution in [0.4, 0.5) is 0 Å². The lowest BCUT2D eigenvalue weighted by atomic mass is 9.88. The van der Waals surface area contributed by atoms with Crippen molar-refractivity contribution in [2.24, 2.45) is 0 Å². The third kappa shape index (κ3) is 7.02. The molecule has 190 valence electrons. The van der Waals surface area contributed by atoms with Crippen LogP contribution in [0.1, 0.15) is 26.7 Å². The van der Waals surface area contributed by atoms with Crippen LogP contribution >= 0.6 is 0 Å². The molecule has 0 bridgehead atoms. The summed E-state index contributed by atoms with van der Waals surface area (Å²) < 4.78 is 9.39. The Hall–Kier alpha value is -1.46. The summed E-state index contributed by atoms with van der Waals surface area (Å²) in [5, 5.41) is 96.4. The summed E-state index contributed by atoms with van der Waals surface area (Å²) in [4.78, 5) is 24.3. The molecule has 0 aromatic carbocycles. The SMILES string of the molecule is CCC(O)(C(=O)OCCOC(=O)C(O)(CC)C(O)C(O)C(O)CO)C(O)C(O)C(O)CO. The highest BCUT2D eigenvalue weighted by Crippen LogP contribution is 2.23. The molecule has 0 amide bonds. The molecule has 14 heteroatoms. The summed E-state index contributed by atoms with van der Waals surface area (Å²) >= 11 is 0. The van der Waals surface area contributed by atoms with Crippen molar-refractivity contribution in [2.75, 3.05) is 26.4 Å². The van der Waals surface area contributed by atoms with E-state index in [1.807, 2.05) is 0 Å². The van der Waals surface area contributed by atoms with E-state index in [9.17, 15) is 50.4 Å². The van der Waals surface area contributed by atoms with Gasteiger partial charge in [0.15, 0.2) is 11.2 Å². The maximum absolute atomic E-state index is 12.2. The van der Waals surface area contributed by atoms with Crippen LogP contribution in [0.25, 0.3) is 0 Å². The van der Waals surface area contributed by atoms with E-state index in [1.165, 1.54) is 13.8 Å². The number of hydrogen-bond acceptors (Lipinski definition) is 14. The lowest BCUT2D eigenvalue weighted by Crippen LogP contribution is -2.58. The topological polar surface area (TPSA) is 255 Å². The molecule has 0 saturated heterocycles. The monoisotopic (exact) mass is 474 g/mol. The second-order valence-corrected chi connectivity index (χ2v) is 7.20. The first-order valence-corrected chi connectivity index (χ1v) is 9.87. The molecular weight excluding hydrogens is 440 g/mol. The third-order valence-corrected chi connectivity index (χ3v) is 5.12. The number of carbonyl (C=O) groups is 2. The molecule has 0 aromatic rings. The largest absolute Gasteiger partial charge is 0.460 e. The lowest BCUT2D eigenvalue weighted by Gasteiger charge is -2.34. The number of carbonyl (C=O) groups excluding carboxylic acids is 2. The molecule has 0 aliphatic rings. The summed E-state index contributed by atoms with van der Waals surface area (Å²) in [6.45, 7) is -0.792. The molecule has 8 unspecified atom stereocenters. The van der Waals surface area contributed by atoms with Crippen molar-refractivity contribution in [2.45, 2.75) is 74.5 Å². The minimum absolute atomic E-state index is 0.463. The van der Waals surface area contributed by atoms with Crippen LogP contribution in [0.2, 0.25) is 0 Å². The maximum atomic E-state index is 12.2. The van der Waals surface area contributed by atoms with Gasteiger partial charge in [0.2, 0.25) is 0 Å². The fourth-order valence-corrected chi connectivity index (χ4v) is 2.67. The number of aliphatic hydroxyl groups excluding tert-OH is 8. The van der Waals surface area contributed by atoms with E-state index in [0.29, 0.717) is 0 Å². The Morgan fingerprint density at radius 2 is 0.969 bits per heavy atom. The van der Waals surface area contributed by atoms with Crippen molar-refractivity contribution < 1.29 is 70.1 Å². The van der Waals surface area contributed by atoms with Gasteiger partial charge in [-0.15, -0.1) is 0 Å². The first-order valence-electron chi connectivity index (χ1n) is 9.87. The normalized spacial score (nSPS) is 21.2. The lowest BCUT2D eigenvalue weighted by molar-refractivity contribution is -0.203. The van der Waals surface area contributed by atoms with E-state index >= 15 is 0 Å². The molecule has 8 atom stereocenters. The highest BCUT2D eigenvalue weighted by Gasteiger charge is 2.49. The van der Waals surface area contributed by atoms with Crippen LogP contribution in [-0.4, -0.2) is 137 Å². The quantitative estimate of drug-likeness (QED) is 0.0785.